The zero-order chi connectivity index (χ0) is 12.4. The van der Waals surface area contributed by atoms with Crippen LogP contribution >= 0.6 is 0 Å². The molecule has 0 saturated carbocycles. The van der Waals surface area contributed by atoms with E-state index in [9.17, 15) is 5.11 Å². The first-order chi connectivity index (χ1) is 8.10. The van der Waals surface area contributed by atoms with E-state index in [2.05, 4.69) is 9.97 Å². The normalized spacial score (nSPS) is 12.7. The Balaban J connectivity index is 2.44. The minimum Gasteiger partial charge on any atom is -0.460 e. The molecule has 5 nitrogen and oxygen atoms in total. The Labute approximate surface area is 99.3 Å². The third kappa shape index (κ3) is 2.51. The highest BCUT2D eigenvalue weighted by atomic mass is 16.3. The average Bonchev–Trinajstić information content (AvgIpc) is 2.74. The van der Waals surface area contributed by atoms with Crippen LogP contribution in [0.3, 0.4) is 0 Å². The molecular weight excluding hydrogens is 218 g/mol. The van der Waals surface area contributed by atoms with Crippen molar-refractivity contribution in [3.05, 3.63) is 35.5 Å². The molecule has 2 aromatic rings. The maximum Gasteiger partial charge on any atom is 0.159 e. The zero-order valence-electron chi connectivity index (χ0n) is 9.84. The van der Waals surface area contributed by atoms with E-state index in [1.54, 1.807) is 0 Å². The van der Waals surface area contributed by atoms with Gasteiger partial charge in [0.1, 0.15) is 17.6 Å². The van der Waals surface area contributed by atoms with Crippen molar-refractivity contribution in [3.63, 3.8) is 0 Å². The largest absolute Gasteiger partial charge is 0.460 e. The van der Waals surface area contributed by atoms with Crippen molar-refractivity contribution >= 4 is 0 Å². The van der Waals surface area contributed by atoms with Gasteiger partial charge in [0.15, 0.2) is 11.6 Å². The number of rotatable bonds is 3. The number of hydrogen-bond acceptors (Lipinski definition) is 5. The Morgan fingerprint density at radius 3 is 2.71 bits per heavy atom. The van der Waals surface area contributed by atoms with Crippen LogP contribution in [0.5, 0.6) is 0 Å². The third-order valence-electron chi connectivity index (χ3n) is 2.39. The van der Waals surface area contributed by atoms with Crippen LogP contribution in [0.4, 0.5) is 0 Å². The van der Waals surface area contributed by atoms with Crippen LogP contribution in [0.2, 0.25) is 0 Å². The zero-order valence-corrected chi connectivity index (χ0v) is 9.84. The number of hydrogen-bond donors (Lipinski definition) is 2. The highest BCUT2D eigenvalue weighted by Gasteiger charge is 2.13. The van der Waals surface area contributed by atoms with Crippen LogP contribution in [0.25, 0.3) is 11.5 Å². The van der Waals surface area contributed by atoms with E-state index in [-0.39, 0.29) is 6.54 Å². The van der Waals surface area contributed by atoms with Gasteiger partial charge in [0.05, 0.1) is 0 Å². The third-order valence-corrected chi connectivity index (χ3v) is 2.39. The predicted molar refractivity (Wildman–Crippen MR) is 63.2 cm³/mol. The predicted octanol–water partition coefficient (Wildman–Crippen LogP) is 1.35. The van der Waals surface area contributed by atoms with Crippen LogP contribution < -0.4 is 5.73 Å². The molecule has 0 amide bonds. The first kappa shape index (κ1) is 11.8. The summed E-state index contributed by atoms with van der Waals surface area (Å²) in [6, 6.07) is 5.52. The van der Waals surface area contributed by atoms with Gasteiger partial charge < -0.3 is 15.3 Å². The fraction of sp³-hybridized carbons (Fsp3) is 0.333. The van der Waals surface area contributed by atoms with E-state index >= 15 is 0 Å². The second-order valence-electron chi connectivity index (χ2n) is 3.91. The molecule has 0 aromatic carbocycles. The van der Waals surface area contributed by atoms with Crippen molar-refractivity contribution in [1.82, 2.24) is 9.97 Å². The number of aromatic nitrogens is 2. The van der Waals surface area contributed by atoms with Gasteiger partial charge in [-0.2, -0.15) is 0 Å². The molecule has 2 rings (SSSR count). The van der Waals surface area contributed by atoms with Crippen LogP contribution in [0.15, 0.2) is 22.6 Å². The highest BCUT2D eigenvalue weighted by molar-refractivity contribution is 5.52. The SMILES string of the molecule is Cc1cc(-c2ccc(C)o2)nc(C(O)CN)n1. The van der Waals surface area contributed by atoms with E-state index in [0.29, 0.717) is 17.3 Å². The van der Waals surface area contributed by atoms with Crippen LogP contribution in [0.1, 0.15) is 23.4 Å². The maximum absolute atomic E-state index is 9.65. The standard InChI is InChI=1S/C12H15N3O2/c1-7-5-9(11-4-3-8(2)17-11)15-12(14-7)10(16)6-13/h3-5,10,16H,6,13H2,1-2H3. The minimum atomic E-state index is -0.843. The summed E-state index contributed by atoms with van der Waals surface area (Å²) in [4.78, 5) is 8.41. The molecule has 17 heavy (non-hydrogen) atoms. The summed E-state index contributed by atoms with van der Waals surface area (Å²) < 4.78 is 5.49. The van der Waals surface area contributed by atoms with E-state index in [4.69, 9.17) is 10.2 Å². The molecule has 3 N–H and O–H groups in total. The van der Waals surface area contributed by atoms with Crippen molar-refractivity contribution in [2.75, 3.05) is 6.54 Å². The van der Waals surface area contributed by atoms with Crippen molar-refractivity contribution in [2.45, 2.75) is 20.0 Å². The van der Waals surface area contributed by atoms with Gasteiger partial charge >= 0.3 is 0 Å². The number of aliphatic hydroxyl groups is 1. The maximum atomic E-state index is 9.65. The smallest absolute Gasteiger partial charge is 0.159 e. The number of aliphatic hydroxyl groups excluding tert-OH is 1. The molecule has 0 spiro atoms. The van der Waals surface area contributed by atoms with Crippen LogP contribution in [-0.2, 0) is 0 Å². The van der Waals surface area contributed by atoms with Crippen LogP contribution in [-0.4, -0.2) is 21.6 Å². The lowest BCUT2D eigenvalue weighted by molar-refractivity contribution is 0.176. The lowest BCUT2D eigenvalue weighted by Crippen LogP contribution is -2.15. The van der Waals surface area contributed by atoms with Crippen molar-refractivity contribution in [1.29, 1.82) is 0 Å². The molecule has 0 fully saturated rings. The summed E-state index contributed by atoms with van der Waals surface area (Å²) in [5.74, 6) is 1.81. The molecule has 2 aromatic heterocycles. The van der Waals surface area contributed by atoms with Gasteiger partial charge in [0, 0.05) is 12.2 Å². The van der Waals surface area contributed by atoms with E-state index in [0.717, 1.165) is 11.5 Å². The molecule has 0 saturated heterocycles. The summed E-state index contributed by atoms with van der Waals surface area (Å²) in [6.45, 7) is 3.81. The molecule has 0 radical (unpaired) electrons. The van der Waals surface area contributed by atoms with E-state index in [1.807, 2.05) is 32.0 Å². The first-order valence-corrected chi connectivity index (χ1v) is 5.40. The molecule has 5 heteroatoms. The van der Waals surface area contributed by atoms with Crippen molar-refractivity contribution in [2.24, 2.45) is 5.73 Å². The Bertz CT molecular complexity index is 522. The molecule has 1 atom stereocenters. The van der Waals surface area contributed by atoms with Crippen molar-refractivity contribution in [3.8, 4) is 11.5 Å². The fourth-order valence-corrected chi connectivity index (χ4v) is 1.54. The summed E-state index contributed by atoms with van der Waals surface area (Å²) in [6.07, 6.45) is -0.843. The molecule has 0 aliphatic rings. The molecule has 90 valence electrons. The lowest BCUT2D eigenvalue weighted by atomic mass is 10.2. The molecular formula is C12H15N3O2. The quantitative estimate of drug-likeness (QED) is 0.835. The topological polar surface area (TPSA) is 85.2 Å². The summed E-state index contributed by atoms with van der Waals surface area (Å²) in [5, 5.41) is 9.65. The van der Waals surface area contributed by atoms with Gasteiger partial charge in [-0.1, -0.05) is 0 Å². The lowest BCUT2D eigenvalue weighted by Gasteiger charge is -2.08. The Morgan fingerprint density at radius 2 is 2.12 bits per heavy atom. The summed E-state index contributed by atoms with van der Waals surface area (Å²) in [7, 11) is 0. The van der Waals surface area contributed by atoms with Gasteiger partial charge in [-0.25, -0.2) is 9.97 Å². The fourth-order valence-electron chi connectivity index (χ4n) is 1.54. The monoisotopic (exact) mass is 233 g/mol. The summed E-state index contributed by atoms with van der Waals surface area (Å²) in [5.41, 5.74) is 6.82. The minimum absolute atomic E-state index is 0.0973. The molecule has 1 unspecified atom stereocenters. The van der Waals surface area contributed by atoms with Gasteiger partial charge in [-0.05, 0) is 32.0 Å². The number of aryl methyl sites for hydroxylation is 2. The first-order valence-electron chi connectivity index (χ1n) is 5.40. The average molecular weight is 233 g/mol. The molecule has 0 aliphatic carbocycles. The number of furan rings is 1. The molecule has 2 heterocycles. The van der Waals surface area contributed by atoms with Gasteiger partial charge in [0.25, 0.3) is 0 Å². The van der Waals surface area contributed by atoms with Crippen molar-refractivity contribution < 1.29 is 9.52 Å². The second kappa shape index (κ2) is 4.65. The Kier molecular flexibility index (Phi) is 3.21. The Morgan fingerprint density at radius 1 is 1.35 bits per heavy atom. The second-order valence-corrected chi connectivity index (χ2v) is 3.91. The van der Waals surface area contributed by atoms with Gasteiger partial charge in [-0.3, -0.25) is 0 Å². The van der Waals surface area contributed by atoms with Crippen LogP contribution in [0, 0.1) is 13.8 Å². The summed E-state index contributed by atoms with van der Waals surface area (Å²) >= 11 is 0. The van der Waals surface area contributed by atoms with E-state index < -0.39 is 6.10 Å². The molecule has 0 bridgehead atoms. The van der Waals surface area contributed by atoms with E-state index in [1.165, 1.54) is 0 Å². The van der Waals surface area contributed by atoms with Gasteiger partial charge in [-0.15, -0.1) is 0 Å². The number of nitrogens with two attached hydrogens (primary N) is 1. The molecule has 0 aliphatic heterocycles. The Hall–Kier alpha value is -1.72. The number of nitrogens with zero attached hydrogens (tertiary/aromatic N) is 2. The highest BCUT2D eigenvalue weighted by Crippen LogP contribution is 2.21. The van der Waals surface area contributed by atoms with Gasteiger partial charge in [0.2, 0.25) is 0 Å².